The summed E-state index contributed by atoms with van der Waals surface area (Å²) in [6.07, 6.45) is 1.09. The van der Waals surface area contributed by atoms with Gasteiger partial charge in [0.2, 0.25) is 0 Å². The van der Waals surface area contributed by atoms with Crippen LogP contribution < -0.4 is 5.32 Å². The van der Waals surface area contributed by atoms with Crippen molar-refractivity contribution in [2.75, 3.05) is 0 Å². The maximum atomic E-state index is 8.78. The monoisotopic (exact) mass is 290 g/mol. The topological polar surface area (TPSA) is 35.8 Å². The average molecular weight is 291 g/mol. The number of aryl methyl sites for hydroxylation is 1. The van der Waals surface area contributed by atoms with Crippen molar-refractivity contribution in [2.24, 2.45) is 0 Å². The molecule has 98 valence electrons. The molecule has 0 bridgehead atoms. The minimum atomic E-state index is 0.597. The van der Waals surface area contributed by atoms with Gasteiger partial charge in [-0.05, 0) is 36.2 Å². The Morgan fingerprint density at radius 1 is 1.21 bits per heavy atom. The highest BCUT2D eigenvalue weighted by molar-refractivity contribution is 7.11. The second kappa shape index (κ2) is 6.72. The zero-order valence-electron chi connectivity index (χ0n) is 10.7. The van der Waals surface area contributed by atoms with Crippen molar-refractivity contribution in [2.45, 2.75) is 26.4 Å². The molecule has 0 aliphatic rings. The largest absolute Gasteiger partial charge is 0.308 e. The number of nitrogens with one attached hydrogen (secondary N) is 1. The fraction of sp³-hybridized carbons (Fsp3) is 0.267. The van der Waals surface area contributed by atoms with Crippen LogP contribution in [0.15, 0.2) is 30.3 Å². The Kier molecular flexibility index (Phi) is 4.98. The smallest absolute Gasteiger partial charge is 0.0992 e. The van der Waals surface area contributed by atoms with Crippen LogP contribution >= 0.6 is 22.9 Å². The van der Waals surface area contributed by atoms with E-state index in [0.29, 0.717) is 17.1 Å². The summed E-state index contributed by atoms with van der Waals surface area (Å²) in [4.78, 5) is 2.75. The second-order valence-electron chi connectivity index (χ2n) is 4.24. The third-order valence-electron chi connectivity index (χ3n) is 2.86. The molecule has 2 aromatic rings. The molecule has 0 aliphatic carbocycles. The molecule has 0 fully saturated rings. The lowest BCUT2D eigenvalue weighted by Crippen LogP contribution is -2.12. The van der Waals surface area contributed by atoms with E-state index in [0.717, 1.165) is 18.5 Å². The van der Waals surface area contributed by atoms with Crippen molar-refractivity contribution in [3.05, 3.63) is 56.2 Å². The Balaban J connectivity index is 1.90. The molecule has 19 heavy (non-hydrogen) atoms. The van der Waals surface area contributed by atoms with Crippen LogP contribution in [0.5, 0.6) is 0 Å². The lowest BCUT2D eigenvalue weighted by molar-refractivity contribution is 0.701. The van der Waals surface area contributed by atoms with Gasteiger partial charge in [-0.15, -0.1) is 11.3 Å². The van der Waals surface area contributed by atoms with E-state index >= 15 is 0 Å². The maximum Gasteiger partial charge on any atom is 0.0992 e. The summed E-state index contributed by atoms with van der Waals surface area (Å²) in [5.74, 6) is 0. The molecule has 1 aromatic heterocycles. The molecule has 2 nitrogen and oxygen atoms in total. The third-order valence-corrected chi connectivity index (χ3v) is 4.44. The Morgan fingerprint density at radius 2 is 2.00 bits per heavy atom. The molecule has 0 atom stereocenters. The minimum Gasteiger partial charge on any atom is -0.308 e. The van der Waals surface area contributed by atoms with Crippen LogP contribution in [0, 0.1) is 11.3 Å². The molecule has 2 rings (SSSR count). The number of thiophene rings is 1. The predicted molar refractivity (Wildman–Crippen MR) is 80.4 cm³/mol. The van der Waals surface area contributed by atoms with Crippen LogP contribution in [0.2, 0.25) is 5.02 Å². The van der Waals surface area contributed by atoms with Crippen LogP contribution in [0.3, 0.4) is 0 Å². The molecule has 1 aromatic carbocycles. The quantitative estimate of drug-likeness (QED) is 0.899. The Labute approximate surface area is 122 Å². The molecule has 1 heterocycles. The zero-order chi connectivity index (χ0) is 13.7. The number of nitriles is 1. The summed E-state index contributed by atoms with van der Waals surface area (Å²) in [5, 5.41) is 12.8. The molecule has 0 radical (unpaired) electrons. The minimum absolute atomic E-state index is 0.597. The molecule has 0 aliphatic heterocycles. The Morgan fingerprint density at radius 3 is 2.63 bits per heavy atom. The highest BCUT2D eigenvalue weighted by Crippen LogP contribution is 2.19. The van der Waals surface area contributed by atoms with Gasteiger partial charge < -0.3 is 5.32 Å². The van der Waals surface area contributed by atoms with Gasteiger partial charge in [-0.25, -0.2) is 0 Å². The van der Waals surface area contributed by atoms with Gasteiger partial charge in [0.05, 0.1) is 11.6 Å². The zero-order valence-corrected chi connectivity index (χ0v) is 12.3. The first kappa shape index (κ1) is 14.1. The fourth-order valence-corrected chi connectivity index (χ4v) is 2.96. The molecule has 0 saturated heterocycles. The van der Waals surface area contributed by atoms with Crippen molar-refractivity contribution in [3.8, 4) is 6.07 Å². The van der Waals surface area contributed by atoms with Crippen LogP contribution in [0.1, 0.15) is 27.8 Å². The normalized spacial score (nSPS) is 10.4. The molecule has 1 N–H and O–H groups in total. The number of rotatable bonds is 5. The molecule has 4 heteroatoms. The Bertz CT molecular complexity index is 598. The van der Waals surface area contributed by atoms with Gasteiger partial charge in [-0.1, -0.05) is 24.6 Å². The third kappa shape index (κ3) is 3.81. The lowest BCUT2D eigenvalue weighted by Gasteiger charge is -2.06. The van der Waals surface area contributed by atoms with E-state index in [2.05, 4.69) is 30.4 Å². The van der Waals surface area contributed by atoms with Crippen LogP contribution in [0.25, 0.3) is 0 Å². The summed E-state index contributed by atoms with van der Waals surface area (Å²) in [6.45, 7) is 3.73. The summed E-state index contributed by atoms with van der Waals surface area (Å²) in [5.41, 5.74) is 1.62. The summed E-state index contributed by atoms with van der Waals surface area (Å²) in [6, 6.07) is 11.8. The lowest BCUT2D eigenvalue weighted by atomic mass is 10.1. The number of nitrogens with zero attached hydrogens (tertiary/aromatic N) is 1. The first-order chi connectivity index (χ1) is 9.22. The second-order valence-corrected chi connectivity index (χ2v) is 5.90. The van der Waals surface area contributed by atoms with Crippen molar-refractivity contribution in [1.82, 2.24) is 5.32 Å². The molecular weight excluding hydrogens is 276 g/mol. The molecule has 0 spiro atoms. The van der Waals surface area contributed by atoms with E-state index in [1.165, 1.54) is 9.75 Å². The van der Waals surface area contributed by atoms with E-state index in [1.54, 1.807) is 12.1 Å². The summed E-state index contributed by atoms with van der Waals surface area (Å²) in [7, 11) is 0. The standard InChI is InChI=1S/C15H15ClN2S/c1-2-13-5-6-14(19-13)10-18-9-12-4-3-11(8-17)7-15(12)16/h3-7,18H,2,9-10H2,1H3. The maximum absolute atomic E-state index is 8.78. The average Bonchev–Trinajstić information content (AvgIpc) is 2.88. The van der Waals surface area contributed by atoms with E-state index in [1.807, 2.05) is 17.4 Å². The molecular formula is C15H15ClN2S. The van der Waals surface area contributed by atoms with Gasteiger partial charge in [0.15, 0.2) is 0 Å². The van der Waals surface area contributed by atoms with Crippen molar-refractivity contribution < 1.29 is 0 Å². The summed E-state index contributed by atoms with van der Waals surface area (Å²) >= 11 is 7.97. The first-order valence-electron chi connectivity index (χ1n) is 6.19. The molecule has 0 amide bonds. The van der Waals surface area contributed by atoms with E-state index in [9.17, 15) is 0 Å². The van der Waals surface area contributed by atoms with Gasteiger partial charge in [-0.2, -0.15) is 5.26 Å². The van der Waals surface area contributed by atoms with Crippen molar-refractivity contribution in [1.29, 1.82) is 5.26 Å². The van der Waals surface area contributed by atoms with Gasteiger partial charge in [0.25, 0.3) is 0 Å². The van der Waals surface area contributed by atoms with E-state index < -0.39 is 0 Å². The van der Waals surface area contributed by atoms with Gasteiger partial charge in [0, 0.05) is 27.9 Å². The van der Waals surface area contributed by atoms with Crippen molar-refractivity contribution in [3.63, 3.8) is 0 Å². The number of benzene rings is 1. The molecule has 0 saturated carbocycles. The van der Waals surface area contributed by atoms with Crippen LogP contribution in [0.4, 0.5) is 0 Å². The van der Waals surface area contributed by atoms with Gasteiger partial charge >= 0.3 is 0 Å². The number of halogens is 1. The van der Waals surface area contributed by atoms with Gasteiger partial charge in [-0.3, -0.25) is 0 Å². The van der Waals surface area contributed by atoms with E-state index in [-0.39, 0.29) is 0 Å². The van der Waals surface area contributed by atoms with Crippen molar-refractivity contribution >= 4 is 22.9 Å². The number of hydrogen-bond donors (Lipinski definition) is 1. The summed E-state index contributed by atoms with van der Waals surface area (Å²) < 4.78 is 0. The van der Waals surface area contributed by atoms with Crippen LogP contribution in [-0.2, 0) is 19.5 Å². The molecule has 0 unspecified atom stereocenters. The first-order valence-corrected chi connectivity index (χ1v) is 7.39. The SMILES string of the molecule is CCc1ccc(CNCc2ccc(C#N)cc2Cl)s1. The fourth-order valence-electron chi connectivity index (χ4n) is 1.79. The highest BCUT2D eigenvalue weighted by Gasteiger charge is 2.03. The van der Waals surface area contributed by atoms with E-state index in [4.69, 9.17) is 16.9 Å². The Hall–Kier alpha value is -1.34. The highest BCUT2D eigenvalue weighted by atomic mass is 35.5. The van der Waals surface area contributed by atoms with Gasteiger partial charge in [0.1, 0.15) is 0 Å². The number of hydrogen-bond acceptors (Lipinski definition) is 3. The van der Waals surface area contributed by atoms with Crippen LogP contribution in [-0.4, -0.2) is 0 Å². The predicted octanol–water partition coefficient (Wildman–Crippen LogP) is 4.13.